The standard InChI is InChI=1S/C15H17ClN6O3/c1-15(2,3)19-12-11(22(24)25)13(18-8-17-12)20-21-14(23)9-6-4-5-7-10(9)16/h4-8H,1-3H3,(H,21,23)(H2,17,18,19,20). The van der Waals surface area contributed by atoms with Crippen molar-refractivity contribution in [2.45, 2.75) is 26.3 Å². The lowest BCUT2D eigenvalue weighted by atomic mass is 10.1. The average molecular weight is 365 g/mol. The summed E-state index contributed by atoms with van der Waals surface area (Å²) in [4.78, 5) is 30.7. The van der Waals surface area contributed by atoms with Crippen molar-refractivity contribution in [3.63, 3.8) is 0 Å². The minimum absolute atomic E-state index is 0.0435. The molecule has 0 aliphatic heterocycles. The average Bonchev–Trinajstić information content (AvgIpc) is 2.51. The molecule has 0 unspecified atom stereocenters. The van der Waals surface area contributed by atoms with Crippen LogP contribution in [0, 0.1) is 10.1 Å². The van der Waals surface area contributed by atoms with Crippen molar-refractivity contribution in [2.75, 3.05) is 10.7 Å². The number of nitro groups is 1. The zero-order valence-corrected chi connectivity index (χ0v) is 14.6. The number of carbonyl (C=O) groups is 1. The van der Waals surface area contributed by atoms with Crippen LogP contribution < -0.4 is 16.2 Å². The van der Waals surface area contributed by atoms with Crippen LogP contribution in [0.4, 0.5) is 17.3 Å². The molecule has 3 N–H and O–H groups in total. The number of halogens is 1. The van der Waals surface area contributed by atoms with Gasteiger partial charge in [-0.3, -0.25) is 25.8 Å². The molecule has 0 saturated carbocycles. The van der Waals surface area contributed by atoms with Crippen LogP contribution in [0.3, 0.4) is 0 Å². The summed E-state index contributed by atoms with van der Waals surface area (Å²) in [5.74, 6) is -0.655. The van der Waals surface area contributed by atoms with Crippen molar-refractivity contribution in [3.8, 4) is 0 Å². The van der Waals surface area contributed by atoms with Gasteiger partial charge in [0.15, 0.2) is 0 Å². The molecule has 25 heavy (non-hydrogen) atoms. The fourth-order valence-corrected chi connectivity index (χ4v) is 2.14. The summed E-state index contributed by atoms with van der Waals surface area (Å²) in [5, 5.41) is 14.6. The molecule has 0 aliphatic carbocycles. The fraction of sp³-hybridized carbons (Fsp3) is 0.267. The molecule has 1 heterocycles. The molecule has 0 aliphatic rings. The van der Waals surface area contributed by atoms with Crippen molar-refractivity contribution in [1.29, 1.82) is 0 Å². The highest BCUT2D eigenvalue weighted by atomic mass is 35.5. The second kappa shape index (κ2) is 7.31. The van der Waals surface area contributed by atoms with Gasteiger partial charge in [0.2, 0.25) is 11.6 Å². The summed E-state index contributed by atoms with van der Waals surface area (Å²) < 4.78 is 0. The Labute approximate surface area is 148 Å². The minimum Gasteiger partial charge on any atom is -0.360 e. The number of carbonyl (C=O) groups excluding carboxylic acids is 1. The van der Waals surface area contributed by atoms with Gasteiger partial charge in [-0.25, -0.2) is 9.97 Å². The highest BCUT2D eigenvalue weighted by Crippen LogP contribution is 2.30. The number of aromatic nitrogens is 2. The van der Waals surface area contributed by atoms with Gasteiger partial charge in [-0.1, -0.05) is 23.7 Å². The number of benzene rings is 1. The molecule has 1 amide bonds. The highest BCUT2D eigenvalue weighted by molar-refractivity contribution is 6.33. The molecule has 2 rings (SSSR count). The van der Waals surface area contributed by atoms with Crippen LogP contribution in [-0.4, -0.2) is 26.3 Å². The topological polar surface area (TPSA) is 122 Å². The van der Waals surface area contributed by atoms with E-state index in [4.69, 9.17) is 11.6 Å². The van der Waals surface area contributed by atoms with E-state index in [-0.39, 0.29) is 27.9 Å². The Morgan fingerprint density at radius 3 is 2.44 bits per heavy atom. The number of nitrogens with one attached hydrogen (secondary N) is 3. The van der Waals surface area contributed by atoms with Crippen LogP contribution in [0.2, 0.25) is 5.02 Å². The number of hydrazine groups is 1. The van der Waals surface area contributed by atoms with Crippen LogP contribution in [0.15, 0.2) is 30.6 Å². The Balaban J connectivity index is 2.25. The van der Waals surface area contributed by atoms with Crippen LogP contribution in [-0.2, 0) is 0 Å². The van der Waals surface area contributed by atoms with E-state index in [1.807, 2.05) is 20.8 Å². The molecule has 2 aromatic rings. The quantitative estimate of drug-likeness (QED) is 0.550. The summed E-state index contributed by atoms with van der Waals surface area (Å²) in [7, 11) is 0. The Hall–Kier alpha value is -2.94. The summed E-state index contributed by atoms with van der Waals surface area (Å²) in [6.45, 7) is 5.52. The van der Waals surface area contributed by atoms with E-state index in [0.29, 0.717) is 0 Å². The molecule has 10 heteroatoms. The highest BCUT2D eigenvalue weighted by Gasteiger charge is 2.26. The summed E-state index contributed by atoms with van der Waals surface area (Å²) in [6.07, 6.45) is 1.16. The van der Waals surface area contributed by atoms with Crippen LogP contribution >= 0.6 is 11.6 Å². The summed E-state index contributed by atoms with van der Waals surface area (Å²) in [5.41, 5.74) is 4.20. The van der Waals surface area contributed by atoms with Gasteiger partial charge in [0.05, 0.1) is 15.5 Å². The molecule has 1 aromatic carbocycles. The molecule has 0 spiro atoms. The number of hydrogen-bond acceptors (Lipinski definition) is 7. The van der Waals surface area contributed by atoms with Crippen molar-refractivity contribution >= 4 is 34.8 Å². The van der Waals surface area contributed by atoms with Gasteiger partial charge < -0.3 is 5.32 Å². The lowest BCUT2D eigenvalue weighted by molar-refractivity contribution is -0.383. The first kappa shape index (κ1) is 18.4. The van der Waals surface area contributed by atoms with Crippen molar-refractivity contribution in [1.82, 2.24) is 15.4 Å². The van der Waals surface area contributed by atoms with E-state index >= 15 is 0 Å². The molecule has 1 aromatic heterocycles. The van der Waals surface area contributed by atoms with E-state index in [1.165, 1.54) is 6.07 Å². The van der Waals surface area contributed by atoms with E-state index in [9.17, 15) is 14.9 Å². The Morgan fingerprint density at radius 2 is 1.84 bits per heavy atom. The number of anilines is 2. The molecule has 0 fully saturated rings. The molecule has 9 nitrogen and oxygen atoms in total. The minimum atomic E-state index is -0.627. The van der Waals surface area contributed by atoms with Crippen molar-refractivity contribution in [2.24, 2.45) is 0 Å². The third kappa shape index (κ3) is 4.77. The van der Waals surface area contributed by atoms with Gasteiger partial charge in [0, 0.05) is 5.54 Å². The van der Waals surface area contributed by atoms with Gasteiger partial charge in [-0.05, 0) is 32.9 Å². The maximum Gasteiger partial charge on any atom is 0.354 e. The first-order chi connectivity index (χ1) is 11.7. The first-order valence-corrected chi connectivity index (χ1v) is 7.65. The third-order valence-electron chi connectivity index (χ3n) is 2.91. The van der Waals surface area contributed by atoms with Gasteiger partial charge in [0.25, 0.3) is 5.91 Å². The van der Waals surface area contributed by atoms with E-state index in [2.05, 4.69) is 26.1 Å². The molecule has 0 radical (unpaired) electrons. The maximum atomic E-state index is 12.1. The van der Waals surface area contributed by atoms with Gasteiger partial charge >= 0.3 is 5.69 Å². The Bertz CT molecular complexity index is 806. The van der Waals surface area contributed by atoms with Crippen LogP contribution in [0.5, 0.6) is 0 Å². The van der Waals surface area contributed by atoms with E-state index in [0.717, 1.165) is 6.33 Å². The fourth-order valence-electron chi connectivity index (χ4n) is 1.92. The SMILES string of the molecule is CC(C)(C)Nc1ncnc(NNC(=O)c2ccccc2Cl)c1[N+](=O)[O-]. The predicted molar refractivity (Wildman–Crippen MR) is 94.6 cm³/mol. The van der Waals surface area contributed by atoms with Crippen molar-refractivity contribution < 1.29 is 9.72 Å². The monoisotopic (exact) mass is 364 g/mol. The molecular weight excluding hydrogens is 348 g/mol. The molecule has 0 saturated heterocycles. The Kier molecular flexibility index (Phi) is 5.38. The van der Waals surface area contributed by atoms with Gasteiger partial charge in [-0.2, -0.15) is 0 Å². The number of hydrogen-bond donors (Lipinski definition) is 3. The molecule has 132 valence electrons. The lowest BCUT2D eigenvalue weighted by Gasteiger charge is -2.21. The molecular formula is C15H17ClN6O3. The maximum absolute atomic E-state index is 12.1. The van der Waals surface area contributed by atoms with Crippen LogP contribution in [0.25, 0.3) is 0 Å². The zero-order chi connectivity index (χ0) is 18.6. The van der Waals surface area contributed by atoms with Crippen LogP contribution in [0.1, 0.15) is 31.1 Å². The zero-order valence-electron chi connectivity index (χ0n) is 13.8. The predicted octanol–water partition coefficient (Wildman–Crippen LogP) is 3.01. The molecule has 0 atom stereocenters. The Morgan fingerprint density at radius 1 is 1.20 bits per heavy atom. The summed E-state index contributed by atoms with van der Waals surface area (Å²) >= 11 is 5.95. The largest absolute Gasteiger partial charge is 0.360 e. The number of rotatable bonds is 5. The number of amides is 1. The molecule has 0 bridgehead atoms. The van der Waals surface area contributed by atoms with Crippen molar-refractivity contribution in [3.05, 3.63) is 51.3 Å². The normalized spacial score (nSPS) is 10.9. The van der Waals surface area contributed by atoms with E-state index < -0.39 is 16.4 Å². The first-order valence-electron chi connectivity index (χ1n) is 7.27. The second-order valence-corrected chi connectivity index (χ2v) is 6.52. The summed E-state index contributed by atoms with van der Waals surface area (Å²) in [6, 6.07) is 6.43. The van der Waals surface area contributed by atoms with Gasteiger partial charge in [-0.15, -0.1) is 0 Å². The van der Waals surface area contributed by atoms with Gasteiger partial charge in [0.1, 0.15) is 6.33 Å². The lowest BCUT2D eigenvalue weighted by Crippen LogP contribution is -2.31. The number of nitrogens with zero attached hydrogens (tertiary/aromatic N) is 3. The second-order valence-electron chi connectivity index (χ2n) is 6.11. The van der Waals surface area contributed by atoms with E-state index in [1.54, 1.807) is 18.2 Å². The third-order valence-corrected chi connectivity index (χ3v) is 3.24. The smallest absolute Gasteiger partial charge is 0.354 e.